The van der Waals surface area contributed by atoms with Crippen LogP contribution < -0.4 is 5.32 Å². The van der Waals surface area contributed by atoms with Crippen LogP contribution >= 0.6 is 11.6 Å². The number of benzene rings is 1. The molecular weight excluding hydrogens is 408 g/mol. The van der Waals surface area contributed by atoms with Gasteiger partial charge in [0.25, 0.3) is 0 Å². The third kappa shape index (κ3) is 3.25. The molecular formula is C26H33ClN2O2. The Bertz CT molecular complexity index is 945. The summed E-state index contributed by atoms with van der Waals surface area (Å²) < 4.78 is 0. The van der Waals surface area contributed by atoms with Gasteiger partial charge in [0.05, 0.1) is 0 Å². The first kappa shape index (κ1) is 21.1. The van der Waals surface area contributed by atoms with Gasteiger partial charge in [-0.2, -0.15) is 0 Å². The first-order valence-corrected chi connectivity index (χ1v) is 12.1. The van der Waals surface area contributed by atoms with Gasteiger partial charge in [-0.3, -0.25) is 9.59 Å². The number of hydrogen-bond acceptors (Lipinski definition) is 2. The highest BCUT2D eigenvalue weighted by Crippen LogP contribution is 2.65. The molecule has 5 heteroatoms. The molecule has 1 aromatic carbocycles. The van der Waals surface area contributed by atoms with E-state index in [0.29, 0.717) is 16.9 Å². The van der Waals surface area contributed by atoms with Crippen molar-refractivity contribution in [2.75, 3.05) is 12.4 Å². The van der Waals surface area contributed by atoms with Crippen molar-refractivity contribution in [3.63, 3.8) is 0 Å². The lowest BCUT2D eigenvalue weighted by Gasteiger charge is -2.61. The van der Waals surface area contributed by atoms with Crippen molar-refractivity contribution < 1.29 is 9.59 Å². The van der Waals surface area contributed by atoms with E-state index >= 15 is 0 Å². The molecule has 3 saturated carbocycles. The number of nitrogens with zero attached hydrogens (tertiary/aromatic N) is 1. The summed E-state index contributed by atoms with van der Waals surface area (Å²) in [5, 5.41) is 3.81. The average molecular weight is 441 g/mol. The highest BCUT2D eigenvalue weighted by atomic mass is 35.5. The normalized spacial score (nSPS) is 41.4. The van der Waals surface area contributed by atoms with E-state index in [9.17, 15) is 9.59 Å². The van der Waals surface area contributed by atoms with Crippen LogP contribution in [-0.4, -0.2) is 29.8 Å². The third-order valence-corrected chi connectivity index (χ3v) is 9.53. The van der Waals surface area contributed by atoms with Crippen molar-refractivity contribution in [1.82, 2.24) is 4.90 Å². The van der Waals surface area contributed by atoms with E-state index in [1.54, 1.807) is 6.08 Å². The van der Waals surface area contributed by atoms with Crippen LogP contribution in [0.1, 0.15) is 52.4 Å². The summed E-state index contributed by atoms with van der Waals surface area (Å²) in [6.07, 6.45) is 10.7. The maximum atomic E-state index is 13.8. The number of halogens is 1. The number of hydrogen-bond donors (Lipinski definition) is 1. The molecule has 3 fully saturated rings. The molecule has 2 unspecified atom stereocenters. The fourth-order valence-corrected chi connectivity index (χ4v) is 8.18. The van der Waals surface area contributed by atoms with Gasteiger partial charge in [0, 0.05) is 35.1 Å². The van der Waals surface area contributed by atoms with Crippen LogP contribution in [0.4, 0.5) is 5.69 Å². The zero-order chi connectivity index (χ0) is 22.0. The van der Waals surface area contributed by atoms with Crippen LogP contribution in [0.15, 0.2) is 36.4 Å². The zero-order valence-electron chi connectivity index (χ0n) is 18.7. The quantitative estimate of drug-likeness (QED) is 0.656. The molecule has 1 aliphatic heterocycles. The van der Waals surface area contributed by atoms with Crippen molar-refractivity contribution in [2.45, 2.75) is 58.4 Å². The molecule has 1 heterocycles. The highest BCUT2D eigenvalue weighted by molar-refractivity contribution is 6.30. The van der Waals surface area contributed by atoms with Gasteiger partial charge in [0.2, 0.25) is 11.8 Å². The predicted octanol–water partition coefficient (Wildman–Crippen LogP) is 5.53. The second kappa shape index (κ2) is 7.37. The minimum atomic E-state index is -0.175. The van der Waals surface area contributed by atoms with Crippen LogP contribution in [0.2, 0.25) is 5.02 Å². The van der Waals surface area contributed by atoms with E-state index in [0.717, 1.165) is 24.9 Å². The van der Waals surface area contributed by atoms with Crippen LogP contribution in [0.3, 0.4) is 0 Å². The van der Waals surface area contributed by atoms with E-state index in [1.165, 1.54) is 19.3 Å². The number of fused-ring (bicyclic) bond motifs is 5. The number of likely N-dealkylation sites (N-methyl/N-ethyl adjacent to an activating group) is 1. The molecule has 166 valence electrons. The van der Waals surface area contributed by atoms with E-state index in [4.69, 9.17) is 11.6 Å². The number of amides is 2. The monoisotopic (exact) mass is 440 g/mol. The second-order valence-corrected chi connectivity index (χ2v) is 11.3. The predicted molar refractivity (Wildman–Crippen MR) is 124 cm³/mol. The molecule has 31 heavy (non-hydrogen) atoms. The van der Waals surface area contributed by atoms with Crippen molar-refractivity contribution in [3.8, 4) is 0 Å². The van der Waals surface area contributed by atoms with Crippen LogP contribution in [0.25, 0.3) is 0 Å². The van der Waals surface area contributed by atoms with Crippen molar-refractivity contribution in [3.05, 3.63) is 41.4 Å². The number of anilines is 1. The van der Waals surface area contributed by atoms with Crippen LogP contribution in [0, 0.1) is 34.5 Å². The van der Waals surface area contributed by atoms with Gasteiger partial charge in [-0.15, -0.1) is 0 Å². The van der Waals surface area contributed by atoms with Crippen molar-refractivity contribution in [1.29, 1.82) is 0 Å². The van der Waals surface area contributed by atoms with Gasteiger partial charge in [-0.25, -0.2) is 0 Å². The second-order valence-electron chi connectivity index (χ2n) is 10.9. The Morgan fingerprint density at radius 1 is 1.23 bits per heavy atom. The molecule has 1 aromatic rings. The largest absolute Gasteiger partial charge is 0.338 e. The zero-order valence-corrected chi connectivity index (χ0v) is 19.5. The third-order valence-electron chi connectivity index (χ3n) is 9.29. The minimum absolute atomic E-state index is 0.0672. The maximum absolute atomic E-state index is 13.8. The van der Waals surface area contributed by atoms with Crippen LogP contribution in [0.5, 0.6) is 0 Å². The molecule has 5 rings (SSSR count). The van der Waals surface area contributed by atoms with Crippen LogP contribution in [-0.2, 0) is 9.59 Å². The number of rotatable bonds is 2. The standard InChI is InChI=1S/C26H33ClN2O2/c1-25-12-5-8-20(25)18-9-10-21-26(2,13-11-22(30)29(21)3)23(18)19(15-25)24(31)28-17-7-4-6-16(27)14-17/h4,6-7,11,13-14,18-21,23H,5,8-10,12,15H2,1-3H3,(H,28,31)/t18-,19?,20-,21?,23-,25-,26-/m0/s1. The fourth-order valence-electron chi connectivity index (χ4n) is 7.99. The molecule has 2 amide bonds. The molecule has 7 atom stereocenters. The lowest BCUT2D eigenvalue weighted by molar-refractivity contribution is -0.151. The van der Waals surface area contributed by atoms with Crippen molar-refractivity contribution in [2.24, 2.45) is 34.5 Å². The Balaban J connectivity index is 1.54. The number of carbonyl (C=O) groups excluding carboxylic acids is 2. The number of carbonyl (C=O) groups is 2. The molecule has 0 spiro atoms. The SMILES string of the molecule is CN1C(=O)C=C[C@@]2(C)C1CC[C@@H]1[C@H]2C(C(=O)Nc2cccc(Cl)c2)C[C@]2(C)CCC[C@@H]12. The first-order chi connectivity index (χ1) is 14.7. The Morgan fingerprint density at radius 3 is 2.81 bits per heavy atom. The van der Waals surface area contributed by atoms with Gasteiger partial charge in [-0.1, -0.05) is 44.0 Å². The summed E-state index contributed by atoms with van der Waals surface area (Å²) in [5.41, 5.74) is 0.823. The fraction of sp³-hybridized carbons (Fsp3) is 0.615. The molecule has 1 N–H and O–H groups in total. The Morgan fingerprint density at radius 2 is 2.03 bits per heavy atom. The summed E-state index contributed by atoms with van der Waals surface area (Å²) in [6, 6.07) is 7.59. The minimum Gasteiger partial charge on any atom is -0.338 e. The summed E-state index contributed by atoms with van der Waals surface area (Å²) in [6.45, 7) is 4.71. The molecule has 0 saturated heterocycles. The molecule has 0 aromatic heterocycles. The summed E-state index contributed by atoms with van der Waals surface area (Å²) in [5.74, 6) is 1.59. The summed E-state index contributed by atoms with van der Waals surface area (Å²) >= 11 is 6.17. The number of nitrogens with one attached hydrogen (secondary N) is 1. The molecule has 3 aliphatic carbocycles. The van der Waals surface area contributed by atoms with Gasteiger partial charge in [0.15, 0.2) is 0 Å². The van der Waals surface area contributed by atoms with E-state index in [2.05, 4.69) is 25.2 Å². The van der Waals surface area contributed by atoms with Gasteiger partial charge >= 0.3 is 0 Å². The van der Waals surface area contributed by atoms with E-state index < -0.39 is 0 Å². The lowest BCUT2D eigenvalue weighted by atomic mass is 9.45. The Hall–Kier alpha value is -1.81. The van der Waals surface area contributed by atoms with E-state index in [-0.39, 0.29) is 40.5 Å². The Kier molecular flexibility index (Phi) is 5.00. The lowest BCUT2D eigenvalue weighted by Crippen LogP contribution is -2.62. The molecule has 4 aliphatic rings. The highest BCUT2D eigenvalue weighted by Gasteiger charge is 2.62. The smallest absolute Gasteiger partial charge is 0.246 e. The van der Waals surface area contributed by atoms with Crippen molar-refractivity contribution >= 4 is 29.1 Å². The molecule has 0 bridgehead atoms. The van der Waals surface area contributed by atoms with Gasteiger partial charge in [0.1, 0.15) is 0 Å². The van der Waals surface area contributed by atoms with Gasteiger partial charge < -0.3 is 10.2 Å². The average Bonchev–Trinajstić information content (AvgIpc) is 3.12. The topological polar surface area (TPSA) is 49.4 Å². The summed E-state index contributed by atoms with van der Waals surface area (Å²) in [7, 11) is 1.93. The molecule has 0 radical (unpaired) electrons. The summed E-state index contributed by atoms with van der Waals surface area (Å²) in [4.78, 5) is 28.1. The van der Waals surface area contributed by atoms with E-state index in [1.807, 2.05) is 36.2 Å². The Labute approximate surface area is 190 Å². The van der Waals surface area contributed by atoms with Gasteiger partial charge in [-0.05, 0) is 79.5 Å². The first-order valence-electron chi connectivity index (χ1n) is 11.8. The maximum Gasteiger partial charge on any atom is 0.246 e. The molecule has 4 nitrogen and oxygen atoms in total.